The van der Waals surface area contributed by atoms with Crippen LogP contribution in [0.4, 0.5) is 5.82 Å². The summed E-state index contributed by atoms with van der Waals surface area (Å²) in [5.74, 6) is 0.226. The molecule has 1 aliphatic heterocycles. The second kappa shape index (κ2) is 17.0. The number of nitrogens with zero attached hydrogens (tertiary/aromatic N) is 2. The fraction of sp³-hybridized carbons (Fsp3) is 0.607. The largest absolute Gasteiger partial charge is 0.355 e. The van der Waals surface area contributed by atoms with Crippen LogP contribution in [0.5, 0.6) is 0 Å². The van der Waals surface area contributed by atoms with Crippen molar-refractivity contribution >= 4 is 11.7 Å². The van der Waals surface area contributed by atoms with E-state index in [1.54, 1.807) is 12.3 Å². The summed E-state index contributed by atoms with van der Waals surface area (Å²) in [5, 5.41) is 2.75. The molecule has 1 aliphatic rings. The first kappa shape index (κ1) is 27.8. The van der Waals surface area contributed by atoms with E-state index in [1.807, 2.05) is 0 Å². The van der Waals surface area contributed by atoms with Crippen LogP contribution in [0.3, 0.4) is 0 Å². The number of unbranched alkanes of at least 4 members (excludes halogenated alkanes) is 5. The Bertz CT molecular complexity index is 857. The standard InChI is InChI=1S/C28H43N3O3/c1-3-5-6-7-8-9-10-11-12-13-14-15-16-17-18-19-26(32)29-25-22-23-31(28(33)30-25)27-21-20-24(4-2)34-27/h5-6,8-9,11-12,22-24,27H,3-4,7,10,13-21H2,1-2H3,(H,29,30,32,33)/b6-5-,9-8-,12-11-/t24-,27?/m1/s1. The third-order valence-corrected chi connectivity index (χ3v) is 6.00. The van der Waals surface area contributed by atoms with E-state index < -0.39 is 0 Å². The molecule has 0 bridgehead atoms. The molecule has 1 unspecified atom stereocenters. The molecule has 2 heterocycles. The van der Waals surface area contributed by atoms with Crippen molar-refractivity contribution in [2.24, 2.45) is 0 Å². The summed E-state index contributed by atoms with van der Waals surface area (Å²) >= 11 is 0. The molecular weight excluding hydrogens is 426 g/mol. The second-order valence-electron chi connectivity index (χ2n) is 8.85. The first-order valence-corrected chi connectivity index (χ1v) is 13.1. The third-order valence-electron chi connectivity index (χ3n) is 6.00. The monoisotopic (exact) mass is 469 g/mol. The molecule has 1 aromatic heterocycles. The lowest BCUT2D eigenvalue weighted by Crippen LogP contribution is -2.28. The molecular formula is C28H43N3O3. The van der Waals surface area contributed by atoms with Gasteiger partial charge in [-0.2, -0.15) is 4.98 Å². The van der Waals surface area contributed by atoms with Crippen LogP contribution in [0, 0.1) is 0 Å². The summed E-state index contributed by atoms with van der Waals surface area (Å²) in [6.45, 7) is 4.23. The van der Waals surface area contributed by atoms with Crippen LogP contribution in [0.25, 0.3) is 0 Å². The average Bonchev–Trinajstić information content (AvgIpc) is 3.30. The Morgan fingerprint density at radius 3 is 2.44 bits per heavy atom. The van der Waals surface area contributed by atoms with Gasteiger partial charge >= 0.3 is 5.69 Å². The van der Waals surface area contributed by atoms with Crippen LogP contribution in [0.2, 0.25) is 0 Å². The molecule has 1 saturated heterocycles. The number of carbonyl (C=O) groups excluding carboxylic acids is 1. The molecule has 1 N–H and O–H groups in total. The maximum Gasteiger partial charge on any atom is 0.351 e. The lowest BCUT2D eigenvalue weighted by Gasteiger charge is -2.15. The maximum absolute atomic E-state index is 12.3. The number of ether oxygens (including phenoxy) is 1. The fourth-order valence-electron chi connectivity index (χ4n) is 4.00. The van der Waals surface area contributed by atoms with Crippen LogP contribution in [-0.4, -0.2) is 21.6 Å². The van der Waals surface area contributed by atoms with Gasteiger partial charge in [0.15, 0.2) is 0 Å². The highest BCUT2D eigenvalue weighted by atomic mass is 16.5. The Hall–Kier alpha value is -2.47. The zero-order chi connectivity index (χ0) is 24.4. The van der Waals surface area contributed by atoms with Crippen LogP contribution >= 0.6 is 0 Å². The summed E-state index contributed by atoms with van der Waals surface area (Å²) in [6.07, 6.45) is 27.8. The number of hydrogen-bond acceptors (Lipinski definition) is 4. The summed E-state index contributed by atoms with van der Waals surface area (Å²) in [6, 6.07) is 1.68. The molecule has 0 aliphatic carbocycles. The van der Waals surface area contributed by atoms with E-state index in [-0.39, 0.29) is 23.9 Å². The van der Waals surface area contributed by atoms with E-state index in [0.717, 1.165) is 64.2 Å². The number of carbonyl (C=O) groups is 1. The van der Waals surface area contributed by atoms with E-state index >= 15 is 0 Å². The number of allylic oxidation sites excluding steroid dienone is 6. The number of anilines is 1. The summed E-state index contributed by atoms with van der Waals surface area (Å²) < 4.78 is 7.38. The molecule has 34 heavy (non-hydrogen) atoms. The van der Waals surface area contributed by atoms with E-state index in [1.165, 1.54) is 17.4 Å². The Morgan fingerprint density at radius 2 is 1.74 bits per heavy atom. The van der Waals surface area contributed by atoms with E-state index in [4.69, 9.17) is 4.74 Å². The highest BCUT2D eigenvalue weighted by Gasteiger charge is 2.26. The quantitative estimate of drug-likeness (QED) is 0.212. The second-order valence-corrected chi connectivity index (χ2v) is 8.85. The van der Waals surface area contributed by atoms with Crippen molar-refractivity contribution in [3.63, 3.8) is 0 Å². The summed E-state index contributed by atoms with van der Waals surface area (Å²) in [5.41, 5.74) is -0.381. The lowest BCUT2D eigenvalue weighted by molar-refractivity contribution is -0.116. The Kier molecular flexibility index (Phi) is 13.9. The minimum Gasteiger partial charge on any atom is -0.355 e. The minimum atomic E-state index is -0.381. The molecule has 0 spiro atoms. The Morgan fingerprint density at radius 1 is 1.03 bits per heavy atom. The van der Waals surface area contributed by atoms with Crippen molar-refractivity contribution in [2.75, 3.05) is 5.32 Å². The normalized spacial score (nSPS) is 18.5. The molecule has 0 saturated carbocycles. The van der Waals surface area contributed by atoms with Crippen molar-refractivity contribution in [1.29, 1.82) is 0 Å². The van der Waals surface area contributed by atoms with E-state index in [2.05, 4.69) is 60.6 Å². The number of hydrogen-bond donors (Lipinski definition) is 1. The van der Waals surface area contributed by atoms with Gasteiger partial charge in [0.2, 0.25) is 5.91 Å². The number of nitrogens with one attached hydrogen (secondary N) is 1. The van der Waals surface area contributed by atoms with Crippen LogP contribution < -0.4 is 11.0 Å². The highest BCUT2D eigenvalue weighted by molar-refractivity contribution is 5.89. The number of aromatic nitrogens is 2. The van der Waals surface area contributed by atoms with Gasteiger partial charge in [0.1, 0.15) is 12.0 Å². The summed E-state index contributed by atoms with van der Waals surface area (Å²) in [4.78, 5) is 28.5. The van der Waals surface area contributed by atoms with Crippen LogP contribution in [0.15, 0.2) is 53.5 Å². The molecule has 6 nitrogen and oxygen atoms in total. The first-order chi connectivity index (χ1) is 16.6. The molecule has 1 fully saturated rings. The molecule has 0 aromatic carbocycles. The molecule has 0 radical (unpaired) electrons. The van der Waals surface area contributed by atoms with Gasteiger partial charge in [-0.25, -0.2) is 4.79 Å². The van der Waals surface area contributed by atoms with Crippen molar-refractivity contribution in [3.05, 3.63) is 59.2 Å². The van der Waals surface area contributed by atoms with Gasteiger partial charge in [0.05, 0.1) is 6.10 Å². The topological polar surface area (TPSA) is 73.2 Å². The van der Waals surface area contributed by atoms with Gasteiger partial charge in [-0.3, -0.25) is 9.36 Å². The van der Waals surface area contributed by atoms with Gasteiger partial charge in [-0.1, -0.05) is 69.6 Å². The molecule has 2 atom stereocenters. The summed E-state index contributed by atoms with van der Waals surface area (Å²) in [7, 11) is 0. The van der Waals surface area contributed by atoms with Gasteiger partial charge in [-0.15, -0.1) is 0 Å². The van der Waals surface area contributed by atoms with Crippen molar-refractivity contribution in [3.8, 4) is 0 Å². The highest BCUT2D eigenvalue weighted by Crippen LogP contribution is 2.28. The van der Waals surface area contributed by atoms with Crippen molar-refractivity contribution in [1.82, 2.24) is 9.55 Å². The van der Waals surface area contributed by atoms with Crippen LogP contribution in [-0.2, 0) is 9.53 Å². The van der Waals surface area contributed by atoms with Gasteiger partial charge in [0, 0.05) is 12.6 Å². The van der Waals surface area contributed by atoms with Crippen LogP contribution in [0.1, 0.15) is 104 Å². The SMILES string of the molecule is CC/C=C\C/C=C\C/C=C\CCCCCCCC(=O)Nc1ccn(C2CC[C@@H](CC)O2)c(=O)n1. The molecule has 2 rings (SSSR count). The predicted molar refractivity (Wildman–Crippen MR) is 140 cm³/mol. The zero-order valence-electron chi connectivity index (χ0n) is 21.1. The Balaban J connectivity index is 1.52. The van der Waals surface area contributed by atoms with Crippen molar-refractivity contribution in [2.45, 2.75) is 110 Å². The van der Waals surface area contributed by atoms with E-state index in [0.29, 0.717) is 12.2 Å². The van der Waals surface area contributed by atoms with E-state index in [9.17, 15) is 9.59 Å². The molecule has 1 amide bonds. The minimum absolute atomic E-state index is 0.0889. The van der Waals surface area contributed by atoms with Gasteiger partial charge in [-0.05, 0) is 63.9 Å². The maximum atomic E-state index is 12.3. The zero-order valence-corrected chi connectivity index (χ0v) is 21.1. The molecule has 6 heteroatoms. The first-order valence-electron chi connectivity index (χ1n) is 13.1. The Labute approximate surface area is 205 Å². The van der Waals surface area contributed by atoms with Crippen molar-refractivity contribution < 1.29 is 9.53 Å². The third kappa shape index (κ3) is 11.1. The number of amides is 1. The van der Waals surface area contributed by atoms with Gasteiger partial charge in [0.25, 0.3) is 0 Å². The number of rotatable bonds is 16. The van der Waals surface area contributed by atoms with Gasteiger partial charge < -0.3 is 10.1 Å². The molecule has 188 valence electrons. The fourth-order valence-corrected chi connectivity index (χ4v) is 4.00. The smallest absolute Gasteiger partial charge is 0.351 e. The molecule has 1 aromatic rings. The average molecular weight is 470 g/mol. The lowest BCUT2D eigenvalue weighted by atomic mass is 10.1. The predicted octanol–water partition coefficient (Wildman–Crippen LogP) is 6.86.